The van der Waals surface area contributed by atoms with E-state index in [0.717, 1.165) is 29.7 Å². The van der Waals surface area contributed by atoms with E-state index in [1.807, 2.05) is 25.1 Å². The van der Waals surface area contributed by atoms with Crippen molar-refractivity contribution in [3.05, 3.63) is 40.7 Å². The molecule has 7 heteroatoms. The number of hydrogen-bond acceptors (Lipinski definition) is 4. The number of aromatic nitrogens is 3. The Bertz CT molecular complexity index is 906. The zero-order valence-electron chi connectivity index (χ0n) is 14.9. The molecular formula is C19H23N5OS. The summed E-state index contributed by atoms with van der Waals surface area (Å²) in [6.07, 6.45) is 5.81. The zero-order chi connectivity index (χ0) is 17.9. The van der Waals surface area contributed by atoms with Crippen LogP contribution in [0, 0.1) is 6.92 Å². The lowest BCUT2D eigenvalue weighted by molar-refractivity contribution is 0.251. The molecule has 26 heavy (non-hydrogen) atoms. The lowest BCUT2D eigenvalue weighted by Gasteiger charge is -2.08. The van der Waals surface area contributed by atoms with Gasteiger partial charge in [0.1, 0.15) is 5.82 Å². The fourth-order valence-corrected chi connectivity index (χ4v) is 4.53. The van der Waals surface area contributed by atoms with E-state index in [-0.39, 0.29) is 6.03 Å². The van der Waals surface area contributed by atoms with Crippen molar-refractivity contribution < 1.29 is 4.79 Å². The molecule has 0 saturated heterocycles. The molecule has 2 heterocycles. The number of hydrogen-bond donors (Lipinski definition) is 2. The van der Waals surface area contributed by atoms with Crippen LogP contribution in [0.2, 0.25) is 0 Å². The molecule has 1 aliphatic carbocycles. The van der Waals surface area contributed by atoms with E-state index in [4.69, 9.17) is 0 Å². The van der Waals surface area contributed by atoms with Gasteiger partial charge in [-0.3, -0.25) is 5.32 Å². The lowest BCUT2D eigenvalue weighted by atomic mass is 10.2. The smallest absolute Gasteiger partial charge is 0.321 e. The van der Waals surface area contributed by atoms with Crippen molar-refractivity contribution >= 4 is 33.5 Å². The Kier molecular flexibility index (Phi) is 4.88. The summed E-state index contributed by atoms with van der Waals surface area (Å²) in [6, 6.07) is 7.85. The van der Waals surface area contributed by atoms with E-state index < -0.39 is 0 Å². The monoisotopic (exact) mass is 369 g/mol. The molecule has 3 aromatic rings. The summed E-state index contributed by atoms with van der Waals surface area (Å²) in [5.41, 5.74) is 3.25. The molecule has 2 aromatic heterocycles. The molecule has 0 atom stereocenters. The second-order valence-electron chi connectivity index (χ2n) is 6.63. The molecule has 136 valence electrons. The van der Waals surface area contributed by atoms with Crippen LogP contribution in [0.3, 0.4) is 0 Å². The zero-order valence-corrected chi connectivity index (χ0v) is 15.7. The molecule has 2 N–H and O–H groups in total. The van der Waals surface area contributed by atoms with E-state index in [0.29, 0.717) is 18.2 Å². The maximum atomic E-state index is 12.2. The molecule has 0 bridgehead atoms. The van der Waals surface area contributed by atoms with Gasteiger partial charge in [0.25, 0.3) is 0 Å². The molecule has 4 rings (SSSR count). The average molecular weight is 369 g/mol. The number of anilines is 1. The number of nitrogens with zero attached hydrogens (tertiary/aromatic N) is 3. The number of benzene rings is 1. The molecule has 0 unspecified atom stereocenters. The molecule has 0 radical (unpaired) electrons. The number of thiazole rings is 1. The van der Waals surface area contributed by atoms with Crippen molar-refractivity contribution in [1.29, 1.82) is 0 Å². The van der Waals surface area contributed by atoms with Crippen molar-refractivity contribution in [3.8, 4) is 0 Å². The molecule has 6 nitrogen and oxygen atoms in total. The fraction of sp³-hybridized carbons (Fsp3) is 0.421. The van der Waals surface area contributed by atoms with Gasteiger partial charge in [-0.1, -0.05) is 18.6 Å². The first-order valence-electron chi connectivity index (χ1n) is 9.16. The number of carbonyl (C=O) groups excluding carboxylic acids is 1. The van der Waals surface area contributed by atoms with Gasteiger partial charge in [-0.05, 0) is 44.7 Å². The third kappa shape index (κ3) is 3.58. The van der Waals surface area contributed by atoms with Gasteiger partial charge in [0.05, 0.1) is 16.7 Å². The fourth-order valence-electron chi connectivity index (χ4n) is 3.48. The Hall–Kier alpha value is -2.41. The van der Waals surface area contributed by atoms with E-state index in [2.05, 4.69) is 31.2 Å². The Morgan fingerprint density at radius 2 is 2.04 bits per heavy atom. The van der Waals surface area contributed by atoms with Crippen LogP contribution in [-0.2, 0) is 19.4 Å². The van der Waals surface area contributed by atoms with Gasteiger partial charge in [0.2, 0.25) is 0 Å². The van der Waals surface area contributed by atoms with Crippen molar-refractivity contribution in [3.63, 3.8) is 0 Å². The minimum atomic E-state index is -0.198. The normalized spacial score (nSPS) is 14.0. The van der Waals surface area contributed by atoms with Gasteiger partial charge in [-0.2, -0.15) is 0 Å². The van der Waals surface area contributed by atoms with Crippen molar-refractivity contribution in [2.75, 3.05) is 11.9 Å². The van der Waals surface area contributed by atoms with Crippen LogP contribution in [0.15, 0.2) is 24.3 Å². The Labute approximate surface area is 156 Å². The maximum Gasteiger partial charge on any atom is 0.321 e. The van der Waals surface area contributed by atoms with Crippen LogP contribution < -0.4 is 10.6 Å². The first-order valence-corrected chi connectivity index (χ1v) is 9.97. The number of carbonyl (C=O) groups is 1. The molecule has 0 aliphatic heterocycles. The van der Waals surface area contributed by atoms with E-state index in [1.165, 1.54) is 29.8 Å². The highest BCUT2D eigenvalue weighted by Crippen LogP contribution is 2.28. The van der Waals surface area contributed by atoms with Gasteiger partial charge < -0.3 is 9.88 Å². The highest BCUT2D eigenvalue weighted by molar-refractivity contribution is 7.15. The highest BCUT2D eigenvalue weighted by atomic mass is 32.1. The van der Waals surface area contributed by atoms with E-state index in [1.54, 1.807) is 11.3 Å². The first kappa shape index (κ1) is 17.0. The number of aryl methyl sites for hydroxylation is 3. The van der Waals surface area contributed by atoms with Gasteiger partial charge in [-0.15, -0.1) is 11.3 Å². The molecular weight excluding hydrogens is 346 g/mol. The molecule has 1 aromatic carbocycles. The summed E-state index contributed by atoms with van der Waals surface area (Å²) in [5.74, 6) is 0.956. The summed E-state index contributed by atoms with van der Waals surface area (Å²) in [5, 5.41) is 6.51. The second-order valence-corrected chi connectivity index (χ2v) is 7.71. The second kappa shape index (κ2) is 7.45. The average Bonchev–Trinajstić information content (AvgIpc) is 3.07. The summed E-state index contributed by atoms with van der Waals surface area (Å²) < 4.78 is 2.13. The van der Waals surface area contributed by atoms with E-state index in [9.17, 15) is 4.79 Å². The molecule has 0 fully saturated rings. The Morgan fingerprint density at radius 1 is 1.19 bits per heavy atom. The number of para-hydroxylation sites is 2. The predicted octanol–water partition coefficient (Wildman–Crippen LogP) is 3.89. The van der Waals surface area contributed by atoms with Gasteiger partial charge in [0, 0.05) is 18.0 Å². The third-order valence-electron chi connectivity index (χ3n) is 4.78. The largest absolute Gasteiger partial charge is 0.336 e. The summed E-state index contributed by atoms with van der Waals surface area (Å²) in [7, 11) is 0. The minimum Gasteiger partial charge on any atom is -0.336 e. The molecule has 0 saturated carbocycles. The van der Waals surface area contributed by atoms with Crippen LogP contribution in [0.5, 0.6) is 0 Å². The Morgan fingerprint density at radius 3 is 2.96 bits per heavy atom. The number of nitrogens with one attached hydrogen (secondary N) is 2. The van der Waals surface area contributed by atoms with Crippen LogP contribution in [0.25, 0.3) is 11.0 Å². The van der Waals surface area contributed by atoms with Crippen LogP contribution in [-0.4, -0.2) is 27.1 Å². The SMILES string of the molecule is Cc1nc2ccccc2n1CCNC(=O)Nc1nc2c(s1)CCCCC2. The van der Waals surface area contributed by atoms with Gasteiger partial charge >= 0.3 is 6.03 Å². The number of urea groups is 1. The van der Waals surface area contributed by atoms with Crippen molar-refractivity contribution in [1.82, 2.24) is 19.9 Å². The molecule has 1 aliphatic rings. The topological polar surface area (TPSA) is 71.8 Å². The highest BCUT2D eigenvalue weighted by Gasteiger charge is 2.15. The van der Waals surface area contributed by atoms with Crippen LogP contribution >= 0.6 is 11.3 Å². The number of amides is 2. The van der Waals surface area contributed by atoms with Gasteiger partial charge in [0.15, 0.2) is 5.13 Å². The van der Waals surface area contributed by atoms with Crippen LogP contribution in [0.4, 0.5) is 9.93 Å². The summed E-state index contributed by atoms with van der Waals surface area (Å²) in [6.45, 7) is 3.22. The summed E-state index contributed by atoms with van der Waals surface area (Å²) >= 11 is 1.61. The maximum absolute atomic E-state index is 12.2. The standard InChI is InChI=1S/C19H23N5OS/c1-13-21-14-7-5-6-9-16(14)24(13)12-11-20-18(25)23-19-22-15-8-3-2-4-10-17(15)26-19/h5-7,9H,2-4,8,10-12H2,1H3,(H2,20,22,23,25). The summed E-state index contributed by atoms with van der Waals surface area (Å²) in [4.78, 5) is 22.7. The number of rotatable bonds is 4. The lowest BCUT2D eigenvalue weighted by Crippen LogP contribution is -2.31. The minimum absolute atomic E-state index is 0.198. The quantitative estimate of drug-likeness (QED) is 0.685. The van der Waals surface area contributed by atoms with Crippen molar-refractivity contribution in [2.45, 2.75) is 45.6 Å². The number of fused-ring (bicyclic) bond motifs is 2. The Balaban J connectivity index is 1.33. The molecule has 2 amide bonds. The predicted molar refractivity (Wildman–Crippen MR) is 105 cm³/mol. The number of imidazole rings is 1. The van der Waals surface area contributed by atoms with Gasteiger partial charge in [-0.25, -0.2) is 14.8 Å². The van der Waals surface area contributed by atoms with Crippen LogP contribution in [0.1, 0.15) is 35.7 Å². The van der Waals surface area contributed by atoms with Crippen molar-refractivity contribution in [2.24, 2.45) is 0 Å². The third-order valence-corrected chi connectivity index (χ3v) is 5.86. The molecule has 0 spiro atoms. The van der Waals surface area contributed by atoms with E-state index >= 15 is 0 Å². The first-order chi connectivity index (χ1) is 12.7.